The molecule has 0 spiro atoms. The number of carbonyl (C=O) groups excluding carboxylic acids is 1. The Bertz CT molecular complexity index is 1900. The van der Waals surface area contributed by atoms with E-state index in [4.69, 9.17) is 16.7 Å². The van der Waals surface area contributed by atoms with Crippen LogP contribution in [0.4, 0.5) is 0 Å². The van der Waals surface area contributed by atoms with Crippen LogP contribution in [0.2, 0.25) is 5.02 Å². The van der Waals surface area contributed by atoms with Gasteiger partial charge in [-0.1, -0.05) is 11.6 Å². The van der Waals surface area contributed by atoms with E-state index in [1.807, 2.05) is 44.0 Å². The number of hydrogen-bond donors (Lipinski definition) is 2. The maximum absolute atomic E-state index is 13.3. The topological polar surface area (TPSA) is 124 Å². The molecular weight excluding hydrogens is 576 g/mol. The molecule has 0 radical (unpaired) electrons. The van der Waals surface area contributed by atoms with Crippen LogP contribution < -0.4 is 5.32 Å². The minimum Gasteiger partial charge on any atom is -0.314 e. The monoisotopic (exact) mass is 612 g/mol. The Morgan fingerprint density at radius 1 is 1.11 bits per heavy atom. The Labute approximate surface area is 260 Å². The third kappa shape index (κ3) is 5.17. The smallest absolute Gasteiger partial charge is 0.264 e. The van der Waals surface area contributed by atoms with Gasteiger partial charge < -0.3 is 5.32 Å². The summed E-state index contributed by atoms with van der Waals surface area (Å²) in [6.45, 7) is 7.58. The Kier molecular flexibility index (Phi) is 7.45. The molecule has 5 heterocycles. The first-order chi connectivity index (χ1) is 21.3. The number of aromatic nitrogens is 9. The van der Waals surface area contributed by atoms with Crippen molar-refractivity contribution in [2.45, 2.75) is 71.9 Å². The molecule has 0 saturated carbocycles. The van der Waals surface area contributed by atoms with Crippen molar-refractivity contribution in [1.29, 1.82) is 0 Å². The number of halogens is 1. The van der Waals surface area contributed by atoms with E-state index < -0.39 is 0 Å². The molecule has 1 aromatic carbocycles. The second-order valence-electron chi connectivity index (χ2n) is 12.3. The van der Waals surface area contributed by atoms with Crippen molar-refractivity contribution in [3.05, 3.63) is 63.6 Å². The summed E-state index contributed by atoms with van der Waals surface area (Å²) in [6, 6.07) is 2.41. The number of aryl methyl sites for hydroxylation is 3. The molecule has 2 aliphatic rings. The third-order valence-electron chi connectivity index (χ3n) is 9.18. The van der Waals surface area contributed by atoms with E-state index in [9.17, 15) is 4.79 Å². The maximum Gasteiger partial charge on any atom is 0.264 e. The molecule has 5 aromatic rings. The number of nitrogens with one attached hydrogen (secondary N) is 2. The van der Waals surface area contributed by atoms with Crippen molar-refractivity contribution in [3.63, 3.8) is 0 Å². The number of H-pyrrole nitrogens is 1. The van der Waals surface area contributed by atoms with E-state index in [-0.39, 0.29) is 11.8 Å². The molecule has 1 fully saturated rings. The number of nitrogens with zero attached hydrogens (tertiary/aromatic N) is 8. The predicted molar refractivity (Wildman–Crippen MR) is 170 cm³/mol. The molecule has 44 heavy (non-hydrogen) atoms. The normalized spacial score (nSPS) is 17.3. The van der Waals surface area contributed by atoms with Gasteiger partial charge in [-0.3, -0.25) is 19.3 Å². The van der Waals surface area contributed by atoms with E-state index in [0.717, 1.165) is 94.5 Å². The summed E-state index contributed by atoms with van der Waals surface area (Å²) >= 11 is 7.12. The highest BCUT2D eigenvalue weighted by molar-refractivity contribution is 6.36. The first kappa shape index (κ1) is 28.7. The SMILES string of the molecule is Cc1cnn(C(=O)CC(CC2CCCN2)Cn2nc(C3=Cc4cnn(C)c4CC3)c(-c3c(Cl)c(C)cc4[nH]ncc34)c2C)n1. The average Bonchev–Trinajstić information content (AvgIpc) is 3.84. The standard InChI is InChI=1S/C32H37ClN10O/c1-18-10-26-25(16-35-38-26)30(31(18)33)29-20(3)42(40-32(29)22-7-8-27-23(13-22)15-36-41(27)4)17-21(11-24-6-5-9-34-24)12-28(44)43-37-14-19(2)39-43/h10,13-16,21,24,34H,5-9,11-12,17H2,1-4H3,(H,35,38). The summed E-state index contributed by atoms with van der Waals surface area (Å²) in [7, 11) is 1.99. The van der Waals surface area contributed by atoms with Crippen molar-refractivity contribution in [3.8, 4) is 11.1 Å². The lowest BCUT2D eigenvalue weighted by Crippen LogP contribution is -2.29. The van der Waals surface area contributed by atoms with Crippen molar-refractivity contribution < 1.29 is 4.79 Å². The lowest BCUT2D eigenvalue weighted by Gasteiger charge is -2.21. The molecule has 2 atom stereocenters. The summed E-state index contributed by atoms with van der Waals surface area (Å²) in [5.74, 6) is -0.0665. The number of allylic oxidation sites excluding steroid dienone is 1. The molecule has 2 unspecified atom stereocenters. The highest BCUT2D eigenvalue weighted by atomic mass is 35.5. The zero-order chi connectivity index (χ0) is 30.5. The molecule has 1 saturated heterocycles. The van der Waals surface area contributed by atoms with Gasteiger partial charge in [0.2, 0.25) is 0 Å². The molecule has 7 rings (SSSR count). The van der Waals surface area contributed by atoms with Crippen LogP contribution in [0.1, 0.15) is 70.8 Å². The van der Waals surface area contributed by atoms with E-state index >= 15 is 0 Å². The molecule has 1 aliphatic carbocycles. The summed E-state index contributed by atoms with van der Waals surface area (Å²) in [5, 5.41) is 31.0. The highest BCUT2D eigenvalue weighted by Gasteiger charge is 2.29. The molecule has 0 amide bonds. The molecular formula is C32H37ClN10O. The fourth-order valence-electron chi connectivity index (χ4n) is 6.91. The molecule has 1 aliphatic heterocycles. The summed E-state index contributed by atoms with van der Waals surface area (Å²) < 4.78 is 4.04. The number of benzene rings is 1. The van der Waals surface area contributed by atoms with Crippen LogP contribution in [0.3, 0.4) is 0 Å². The zero-order valence-electron chi connectivity index (χ0n) is 25.6. The van der Waals surface area contributed by atoms with Gasteiger partial charge in [0.25, 0.3) is 5.91 Å². The predicted octanol–water partition coefficient (Wildman–Crippen LogP) is 5.31. The molecule has 2 N–H and O–H groups in total. The summed E-state index contributed by atoms with van der Waals surface area (Å²) in [5.41, 5.74) is 10.0. The highest BCUT2D eigenvalue weighted by Crippen LogP contribution is 2.44. The largest absolute Gasteiger partial charge is 0.314 e. The van der Waals surface area contributed by atoms with Gasteiger partial charge in [0.15, 0.2) is 0 Å². The van der Waals surface area contributed by atoms with Crippen LogP contribution in [0.5, 0.6) is 0 Å². The average molecular weight is 613 g/mol. The third-order valence-corrected chi connectivity index (χ3v) is 9.67. The maximum atomic E-state index is 13.3. The number of rotatable bonds is 8. The fourth-order valence-corrected chi connectivity index (χ4v) is 7.17. The van der Waals surface area contributed by atoms with Gasteiger partial charge in [0.1, 0.15) is 0 Å². The Morgan fingerprint density at radius 3 is 2.75 bits per heavy atom. The number of hydrogen-bond acceptors (Lipinski definition) is 7. The Morgan fingerprint density at radius 2 is 1.98 bits per heavy atom. The molecule has 11 nitrogen and oxygen atoms in total. The minimum atomic E-state index is -0.104. The minimum absolute atomic E-state index is 0.0379. The first-order valence-corrected chi connectivity index (χ1v) is 15.7. The van der Waals surface area contributed by atoms with Gasteiger partial charge in [-0.2, -0.15) is 25.5 Å². The first-order valence-electron chi connectivity index (χ1n) is 15.3. The van der Waals surface area contributed by atoms with Gasteiger partial charge in [-0.15, -0.1) is 4.80 Å². The van der Waals surface area contributed by atoms with Gasteiger partial charge in [0.05, 0.1) is 40.5 Å². The quantitative estimate of drug-likeness (QED) is 0.243. The van der Waals surface area contributed by atoms with E-state index in [2.05, 4.69) is 48.5 Å². The second-order valence-corrected chi connectivity index (χ2v) is 12.7. The van der Waals surface area contributed by atoms with Gasteiger partial charge >= 0.3 is 0 Å². The van der Waals surface area contributed by atoms with Gasteiger partial charge in [-0.25, -0.2) is 0 Å². The van der Waals surface area contributed by atoms with Crippen LogP contribution >= 0.6 is 11.6 Å². The van der Waals surface area contributed by atoms with E-state index in [0.29, 0.717) is 24.0 Å². The van der Waals surface area contributed by atoms with E-state index in [1.54, 1.807) is 6.20 Å². The van der Waals surface area contributed by atoms with Crippen LogP contribution in [0, 0.1) is 26.7 Å². The number of fused-ring (bicyclic) bond motifs is 2. The summed E-state index contributed by atoms with van der Waals surface area (Å²) in [4.78, 5) is 14.6. The van der Waals surface area contributed by atoms with Crippen LogP contribution in [0.25, 0.3) is 33.7 Å². The van der Waals surface area contributed by atoms with E-state index in [1.165, 1.54) is 10.5 Å². The zero-order valence-corrected chi connectivity index (χ0v) is 26.3. The molecule has 4 aromatic heterocycles. The van der Waals surface area contributed by atoms with Crippen LogP contribution in [-0.2, 0) is 20.0 Å². The van der Waals surface area contributed by atoms with Gasteiger partial charge in [-0.05, 0) is 88.6 Å². The lowest BCUT2D eigenvalue weighted by molar-refractivity contribution is 0.0831. The Balaban J connectivity index is 1.34. The van der Waals surface area contributed by atoms with Crippen molar-refractivity contribution >= 4 is 40.1 Å². The second kappa shape index (κ2) is 11.4. The van der Waals surface area contributed by atoms with Crippen LogP contribution in [0.15, 0.2) is 24.7 Å². The van der Waals surface area contributed by atoms with Crippen molar-refractivity contribution in [1.82, 2.24) is 50.1 Å². The lowest BCUT2D eigenvalue weighted by atomic mass is 9.90. The number of carbonyl (C=O) groups is 1. The number of aromatic amines is 1. The van der Waals surface area contributed by atoms with Gasteiger partial charge in [0, 0.05) is 59.5 Å². The van der Waals surface area contributed by atoms with Crippen molar-refractivity contribution in [2.24, 2.45) is 13.0 Å². The van der Waals surface area contributed by atoms with Crippen LogP contribution in [-0.4, -0.2) is 63.2 Å². The molecule has 0 bridgehead atoms. The Hall–Kier alpha value is -4.09. The van der Waals surface area contributed by atoms with Crippen molar-refractivity contribution in [2.75, 3.05) is 6.54 Å². The molecule has 12 heteroatoms. The molecule has 228 valence electrons. The fraction of sp³-hybridized carbons (Fsp3) is 0.438. The summed E-state index contributed by atoms with van der Waals surface area (Å²) in [6.07, 6.45) is 12.8.